The molecule has 0 aliphatic rings. The predicted molar refractivity (Wildman–Crippen MR) is 29.3 cm³/mol. The van der Waals surface area contributed by atoms with E-state index in [2.05, 4.69) is 8.52 Å². The SMILES string of the molecule is CCOS(=O)(=O)OO.N. The molecule has 0 bridgehead atoms. The van der Waals surface area contributed by atoms with E-state index in [0.717, 1.165) is 0 Å². The van der Waals surface area contributed by atoms with Crippen LogP contribution in [0.4, 0.5) is 0 Å². The van der Waals surface area contributed by atoms with Crippen molar-refractivity contribution in [2.24, 2.45) is 0 Å². The Balaban J connectivity index is 0. The summed E-state index contributed by atoms with van der Waals surface area (Å²) in [6, 6.07) is 0. The monoisotopic (exact) mass is 159 g/mol. The van der Waals surface area contributed by atoms with Crippen molar-refractivity contribution < 1.29 is 22.2 Å². The van der Waals surface area contributed by atoms with Gasteiger partial charge in [-0.1, -0.05) is 4.33 Å². The third kappa shape index (κ3) is 5.66. The molecule has 0 aliphatic heterocycles. The van der Waals surface area contributed by atoms with E-state index in [1.165, 1.54) is 6.92 Å². The molecule has 0 aromatic rings. The van der Waals surface area contributed by atoms with Crippen LogP contribution in [0.2, 0.25) is 0 Å². The van der Waals surface area contributed by atoms with Gasteiger partial charge in [0.2, 0.25) is 0 Å². The van der Waals surface area contributed by atoms with Gasteiger partial charge >= 0.3 is 10.4 Å². The fourth-order valence-corrected chi connectivity index (χ4v) is 0.498. The van der Waals surface area contributed by atoms with E-state index >= 15 is 0 Å². The first-order valence-electron chi connectivity index (χ1n) is 1.85. The van der Waals surface area contributed by atoms with Crippen LogP contribution in [-0.2, 0) is 18.9 Å². The van der Waals surface area contributed by atoms with Crippen molar-refractivity contribution in [3.05, 3.63) is 0 Å². The van der Waals surface area contributed by atoms with Gasteiger partial charge in [-0.3, -0.25) is 0 Å². The highest BCUT2D eigenvalue weighted by Crippen LogP contribution is 1.89. The Morgan fingerprint density at radius 1 is 1.56 bits per heavy atom. The highest BCUT2D eigenvalue weighted by atomic mass is 32.3. The number of rotatable bonds is 3. The normalized spacial score (nSPS) is 10.4. The van der Waals surface area contributed by atoms with Crippen LogP contribution in [0.1, 0.15) is 6.92 Å². The van der Waals surface area contributed by atoms with Gasteiger partial charge < -0.3 is 6.15 Å². The third-order valence-corrected chi connectivity index (χ3v) is 1.06. The molecular formula is C2H9NO5S. The molecule has 0 radical (unpaired) electrons. The van der Waals surface area contributed by atoms with Crippen molar-refractivity contribution in [1.29, 1.82) is 0 Å². The van der Waals surface area contributed by atoms with Crippen LogP contribution in [0, 0.1) is 0 Å². The third-order valence-electron chi connectivity index (χ3n) is 0.353. The Labute approximate surface area is 53.2 Å². The molecule has 0 saturated heterocycles. The maximum atomic E-state index is 9.90. The second kappa shape index (κ2) is 4.65. The first kappa shape index (κ1) is 11.6. The Hall–Kier alpha value is -0.210. The van der Waals surface area contributed by atoms with Crippen molar-refractivity contribution in [3.63, 3.8) is 0 Å². The van der Waals surface area contributed by atoms with Gasteiger partial charge in [0, 0.05) is 0 Å². The second-order valence-corrected chi connectivity index (χ2v) is 2.09. The van der Waals surface area contributed by atoms with Crippen LogP contribution in [0.25, 0.3) is 0 Å². The fourth-order valence-electron chi connectivity index (χ4n) is 0.166. The summed E-state index contributed by atoms with van der Waals surface area (Å²) in [6.45, 7) is 1.40. The van der Waals surface area contributed by atoms with Crippen molar-refractivity contribution in [1.82, 2.24) is 6.15 Å². The molecule has 9 heavy (non-hydrogen) atoms. The zero-order chi connectivity index (χ0) is 6.62. The summed E-state index contributed by atoms with van der Waals surface area (Å²) in [5.41, 5.74) is 0. The van der Waals surface area contributed by atoms with Crippen LogP contribution >= 0.6 is 0 Å². The van der Waals surface area contributed by atoms with Crippen LogP contribution in [0.3, 0.4) is 0 Å². The molecule has 4 N–H and O–H groups in total. The van der Waals surface area contributed by atoms with Gasteiger partial charge in [0.1, 0.15) is 0 Å². The molecule has 0 amide bonds. The van der Waals surface area contributed by atoms with E-state index < -0.39 is 10.4 Å². The van der Waals surface area contributed by atoms with Gasteiger partial charge in [0.05, 0.1) is 6.61 Å². The standard InChI is InChI=1S/C2H6O5S.H3N/c1-2-6-8(4,5)7-3;/h3H,2H2,1H3;1H3. The lowest BCUT2D eigenvalue weighted by atomic mass is 10.9. The van der Waals surface area contributed by atoms with Crippen molar-refractivity contribution in [2.45, 2.75) is 6.92 Å². The van der Waals surface area contributed by atoms with Gasteiger partial charge in [-0.2, -0.15) is 8.42 Å². The lowest BCUT2D eigenvalue weighted by Gasteiger charge is -1.93. The molecule has 0 spiro atoms. The molecule has 6 nitrogen and oxygen atoms in total. The summed E-state index contributed by atoms with van der Waals surface area (Å²) >= 11 is 0. The zero-order valence-corrected chi connectivity index (χ0v) is 5.72. The fraction of sp³-hybridized carbons (Fsp3) is 1.00. The summed E-state index contributed by atoms with van der Waals surface area (Å²) < 4.78 is 26.6. The van der Waals surface area contributed by atoms with Crippen LogP contribution in [-0.4, -0.2) is 20.3 Å². The molecule has 0 rings (SSSR count). The average molecular weight is 159 g/mol. The molecule has 0 aliphatic carbocycles. The topological polar surface area (TPSA) is 108 Å². The first-order chi connectivity index (χ1) is 3.62. The Morgan fingerprint density at radius 2 is 2.00 bits per heavy atom. The molecule has 0 atom stereocenters. The maximum Gasteiger partial charge on any atom is 0.426 e. The summed E-state index contributed by atoms with van der Waals surface area (Å²) in [7, 11) is -4.11. The quantitative estimate of drug-likeness (QED) is 0.440. The zero-order valence-electron chi connectivity index (χ0n) is 4.90. The Morgan fingerprint density at radius 3 is 2.11 bits per heavy atom. The van der Waals surface area contributed by atoms with Crippen molar-refractivity contribution in [2.75, 3.05) is 6.61 Å². The number of hydrogen-bond acceptors (Lipinski definition) is 6. The molecule has 0 unspecified atom stereocenters. The minimum Gasteiger partial charge on any atom is -0.344 e. The average Bonchev–Trinajstić information content (AvgIpc) is 1.67. The van der Waals surface area contributed by atoms with Gasteiger partial charge in [0.25, 0.3) is 0 Å². The van der Waals surface area contributed by atoms with E-state index in [1.54, 1.807) is 0 Å². The molecule has 0 heterocycles. The van der Waals surface area contributed by atoms with Crippen molar-refractivity contribution >= 4 is 10.4 Å². The van der Waals surface area contributed by atoms with E-state index in [0.29, 0.717) is 0 Å². The highest BCUT2D eigenvalue weighted by Gasteiger charge is 2.07. The second-order valence-electron chi connectivity index (χ2n) is 0.889. The van der Waals surface area contributed by atoms with Gasteiger partial charge in [0.15, 0.2) is 0 Å². The first-order valence-corrected chi connectivity index (χ1v) is 3.18. The summed E-state index contributed by atoms with van der Waals surface area (Å²) in [6.07, 6.45) is 0. The minimum atomic E-state index is -4.11. The Kier molecular flexibility index (Phi) is 5.98. The lowest BCUT2D eigenvalue weighted by Crippen LogP contribution is -2.06. The molecule has 0 aromatic heterocycles. The largest absolute Gasteiger partial charge is 0.426 e. The van der Waals surface area contributed by atoms with E-state index in [-0.39, 0.29) is 12.8 Å². The molecule has 0 fully saturated rings. The van der Waals surface area contributed by atoms with Gasteiger partial charge in [-0.15, -0.1) is 0 Å². The molecular weight excluding hydrogens is 150 g/mol. The number of hydrogen-bond donors (Lipinski definition) is 2. The van der Waals surface area contributed by atoms with Crippen molar-refractivity contribution in [3.8, 4) is 0 Å². The van der Waals surface area contributed by atoms with E-state index in [4.69, 9.17) is 5.26 Å². The summed E-state index contributed by atoms with van der Waals surface area (Å²) in [4.78, 5) is 0. The van der Waals surface area contributed by atoms with Crippen LogP contribution < -0.4 is 6.15 Å². The van der Waals surface area contributed by atoms with E-state index in [1.807, 2.05) is 0 Å². The van der Waals surface area contributed by atoms with E-state index in [9.17, 15) is 8.42 Å². The molecule has 0 aromatic carbocycles. The lowest BCUT2D eigenvalue weighted by molar-refractivity contribution is -0.142. The predicted octanol–water partition coefficient (Wildman–Crippen LogP) is -0.0807. The molecule has 0 saturated carbocycles. The minimum absolute atomic E-state index is 0. The van der Waals surface area contributed by atoms with Gasteiger partial charge in [-0.25, -0.2) is 9.44 Å². The molecule has 7 heteroatoms. The van der Waals surface area contributed by atoms with Crippen LogP contribution in [0.15, 0.2) is 0 Å². The maximum absolute atomic E-state index is 9.90. The molecule has 58 valence electrons. The summed E-state index contributed by atoms with van der Waals surface area (Å²) in [5, 5.41) is 7.51. The van der Waals surface area contributed by atoms with Gasteiger partial charge in [-0.05, 0) is 6.92 Å². The Bertz CT molecular complexity index is 139. The summed E-state index contributed by atoms with van der Waals surface area (Å²) in [5.74, 6) is 0. The highest BCUT2D eigenvalue weighted by molar-refractivity contribution is 7.81. The smallest absolute Gasteiger partial charge is 0.344 e. The van der Waals surface area contributed by atoms with Crippen LogP contribution in [0.5, 0.6) is 0 Å².